The van der Waals surface area contributed by atoms with Crippen LogP contribution in [0.25, 0.3) is 6.08 Å². The Morgan fingerprint density at radius 3 is 2.57 bits per heavy atom. The van der Waals surface area contributed by atoms with Crippen LogP contribution in [-0.2, 0) is 4.74 Å². The molecule has 1 rings (SSSR count). The number of benzene rings is 1. The van der Waals surface area contributed by atoms with Crippen molar-refractivity contribution >= 4 is 17.9 Å². The van der Waals surface area contributed by atoms with Crippen molar-refractivity contribution in [2.24, 2.45) is 5.73 Å². The fourth-order valence-electron chi connectivity index (χ4n) is 1.60. The monoisotopic (exact) mass is 292 g/mol. The minimum absolute atomic E-state index is 0.0331. The predicted molar refractivity (Wildman–Crippen MR) is 85.5 cm³/mol. The van der Waals surface area contributed by atoms with Crippen molar-refractivity contribution in [2.75, 3.05) is 12.4 Å². The lowest BCUT2D eigenvalue weighted by atomic mass is 10.1. The number of hydrogen-bond donors (Lipinski definition) is 2. The van der Waals surface area contributed by atoms with E-state index in [-0.39, 0.29) is 6.04 Å². The standard InChI is InChI=1S/C16H24N2O3/c1-11(17)6-7-12-8-9-13(10-14(12)20-5)18-15(19)21-16(2,3)4/h6-11H,17H2,1-5H3,(H,18,19)/b7-6+. The molecule has 0 aliphatic heterocycles. The summed E-state index contributed by atoms with van der Waals surface area (Å²) in [6.45, 7) is 7.33. The molecular formula is C16H24N2O3. The number of methoxy groups -OCH3 is 1. The first-order valence-corrected chi connectivity index (χ1v) is 6.83. The fourth-order valence-corrected chi connectivity index (χ4v) is 1.60. The Labute approximate surface area is 126 Å². The van der Waals surface area contributed by atoms with Crippen molar-refractivity contribution in [3.63, 3.8) is 0 Å². The minimum atomic E-state index is -0.534. The molecule has 5 heteroatoms. The third-order valence-electron chi connectivity index (χ3n) is 2.46. The van der Waals surface area contributed by atoms with Gasteiger partial charge in [-0.15, -0.1) is 0 Å². The van der Waals surface area contributed by atoms with Gasteiger partial charge >= 0.3 is 6.09 Å². The number of ether oxygens (including phenoxy) is 2. The highest BCUT2D eigenvalue weighted by Gasteiger charge is 2.16. The van der Waals surface area contributed by atoms with E-state index in [1.54, 1.807) is 19.2 Å². The van der Waals surface area contributed by atoms with Gasteiger partial charge in [0.1, 0.15) is 11.4 Å². The number of rotatable bonds is 4. The summed E-state index contributed by atoms with van der Waals surface area (Å²) < 4.78 is 10.5. The van der Waals surface area contributed by atoms with E-state index >= 15 is 0 Å². The molecule has 116 valence electrons. The molecular weight excluding hydrogens is 268 g/mol. The van der Waals surface area contributed by atoms with E-state index in [0.717, 1.165) is 5.56 Å². The number of carbonyl (C=O) groups excluding carboxylic acids is 1. The summed E-state index contributed by atoms with van der Waals surface area (Å²) in [4.78, 5) is 11.7. The van der Waals surface area contributed by atoms with Crippen LogP contribution in [0.2, 0.25) is 0 Å². The van der Waals surface area contributed by atoms with E-state index in [9.17, 15) is 4.79 Å². The van der Waals surface area contributed by atoms with Gasteiger partial charge in [-0.3, -0.25) is 5.32 Å². The SMILES string of the molecule is COc1cc(NC(=O)OC(C)(C)C)ccc1/C=C/C(C)N. The van der Waals surface area contributed by atoms with Gasteiger partial charge in [-0.25, -0.2) is 4.79 Å². The van der Waals surface area contributed by atoms with E-state index in [2.05, 4.69) is 5.32 Å². The van der Waals surface area contributed by atoms with Crippen LogP contribution in [-0.4, -0.2) is 24.8 Å². The summed E-state index contributed by atoms with van der Waals surface area (Å²) in [6.07, 6.45) is 3.27. The Hall–Kier alpha value is -2.01. The van der Waals surface area contributed by atoms with Gasteiger partial charge in [0.05, 0.1) is 7.11 Å². The van der Waals surface area contributed by atoms with Gasteiger partial charge in [-0.1, -0.05) is 12.2 Å². The first-order valence-electron chi connectivity index (χ1n) is 6.83. The summed E-state index contributed by atoms with van der Waals surface area (Å²) in [7, 11) is 1.58. The van der Waals surface area contributed by atoms with E-state index in [0.29, 0.717) is 11.4 Å². The van der Waals surface area contributed by atoms with Crippen molar-refractivity contribution in [3.05, 3.63) is 29.8 Å². The van der Waals surface area contributed by atoms with Crippen molar-refractivity contribution in [1.82, 2.24) is 0 Å². The Bertz CT molecular complexity index is 517. The van der Waals surface area contributed by atoms with Crippen LogP contribution < -0.4 is 15.8 Å². The third-order valence-corrected chi connectivity index (χ3v) is 2.46. The molecule has 0 fully saturated rings. The largest absolute Gasteiger partial charge is 0.496 e. The van der Waals surface area contributed by atoms with Gasteiger partial charge < -0.3 is 15.2 Å². The summed E-state index contributed by atoms with van der Waals surface area (Å²) in [5.41, 5.74) is 6.65. The second kappa shape index (κ2) is 7.13. The van der Waals surface area contributed by atoms with Gasteiger partial charge in [0.2, 0.25) is 0 Å². The zero-order valence-electron chi connectivity index (χ0n) is 13.3. The number of nitrogens with two attached hydrogens (primary N) is 1. The van der Waals surface area contributed by atoms with Crippen LogP contribution in [0.4, 0.5) is 10.5 Å². The van der Waals surface area contributed by atoms with E-state index in [1.165, 1.54) is 0 Å². The Balaban J connectivity index is 2.85. The summed E-state index contributed by atoms with van der Waals surface area (Å²) in [5, 5.41) is 2.68. The summed E-state index contributed by atoms with van der Waals surface area (Å²) in [5.74, 6) is 0.653. The maximum Gasteiger partial charge on any atom is 0.412 e. The molecule has 1 aromatic carbocycles. The quantitative estimate of drug-likeness (QED) is 0.892. The highest BCUT2D eigenvalue weighted by Crippen LogP contribution is 2.25. The summed E-state index contributed by atoms with van der Waals surface area (Å²) in [6, 6.07) is 5.34. The zero-order chi connectivity index (χ0) is 16.0. The lowest BCUT2D eigenvalue weighted by Gasteiger charge is -2.20. The van der Waals surface area contributed by atoms with Crippen LogP contribution in [0.15, 0.2) is 24.3 Å². The van der Waals surface area contributed by atoms with Crippen molar-refractivity contribution in [2.45, 2.75) is 39.3 Å². The Kier molecular flexibility index (Phi) is 5.79. The summed E-state index contributed by atoms with van der Waals surface area (Å²) >= 11 is 0. The van der Waals surface area contributed by atoms with Gasteiger partial charge in [0, 0.05) is 23.4 Å². The van der Waals surface area contributed by atoms with Gasteiger partial charge in [-0.2, -0.15) is 0 Å². The number of amides is 1. The van der Waals surface area contributed by atoms with Crippen molar-refractivity contribution in [1.29, 1.82) is 0 Å². The number of anilines is 1. The average Bonchev–Trinajstić information content (AvgIpc) is 2.34. The molecule has 1 aromatic rings. The van der Waals surface area contributed by atoms with Gasteiger partial charge in [-0.05, 0) is 39.8 Å². The lowest BCUT2D eigenvalue weighted by molar-refractivity contribution is 0.0636. The van der Waals surface area contributed by atoms with E-state index in [1.807, 2.05) is 45.9 Å². The highest BCUT2D eigenvalue weighted by atomic mass is 16.6. The molecule has 0 spiro atoms. The number of hydrogen-bond acceptors (Lipinski definition) is 4. The third kappa shape index (κ3) is 6.31. The van der Waals surface area contributed by atoms with Crippen LogP contribution in [0.3, 0.4) is 0 Å². The van der Waals surface area contributed by atoms with Crippen molar-refractivity contribution in [3.8, 4) is 5.75 Å². The molecule has 1 atom stereocenters. The molecule has 0 saturated carbocycles. The Morgan fingerprint density at radius 1 is 1.38 bits per heavy atom. The smallest absolute Gasteiger partial charge is 0.412 e. The average molecular weight is 292 g/mol. The van der Waals surface area contributed by atoms with Gasteiger partial charge in [0.25, 0.3) is 0 Å². The van der Waals surface area contributed by atoms with Gasteiger partial charge in [0.15, 0.2) is 0 Å². The molecule has 0 aromatic heterocycles. The molecule has 0 aliphatic carbocycles. The molecule has 3 N–H and O–H groups in total. The second-order valence-corrected chi connectivity index (χ2v) is 5.80. The molecule has 0 aliphatic rings. The first kappa shape index (κ1) is 17.0. The Morgan fingerprint density at radius 2 is 2.05 bits per heavy atom. The molecule has 0 bridgehead atoms. The molecule has 21 heavy (non-hydrogen) atoms. The van der Waals surface area contributed by atoms with Crippen LogP contribution >= 0.6 is 0 Å². The van der Waals surface area contributed by atoms with Crippen LogP contribution in [0, 0.1) is 0 Å². The predicted octanol–water partition coefficient (Wildman–Crippen LogP) is 3.40. The minimum Gasteiger partial charge on any atom is -0.496 e. The highest BCUT2D eigenvalue weighted by molar-refractivity contribution is 5.85. The normalized spacial score (nSPS) is 13.0. The molecule has 5 nitrogen and oxygen atoms in total. The van der Waals surface area contributed by atoms with Crippen LogP contribution in [0.1, 0.15) is 33.3 Å². The number of carbonyl (C=O) groups is 1. The molecule has 0 heterocycles. The molecule has 1 amide bonds. The van der Waals surface area contributed by atoms with Crippen molar-refractivity contribution < 1.29 is 14.3 Å². The first-order chi connectivity index (χ1) is 9.71. The second-order valence-electron chi connectivity index (χ2n) is 5.80. The topological polar surface area (TPSA) is 73.6 Å². The number of nitrogens with one attached hydrogen (secondary N) is 1. The van der Waals surface area contributed by atoms with Crippen LogP contribution in [0.5, 0.6) is 5.75 Å². The molecule has 0 radical (unpaired) electrons. The lowest BCUT2D eigenvalue weighted by Crippen LogP contribution is -2.27. The van der Waals surface area contributed by atoms with E-state index in [4.69, 9.17) is 15.2 Å². The van der Waals surface area contributed by atoms with E-state index < -0.39 is 11.7 Å². The molecule has 1 unspecified atom stereocenters. The maximum atomic E-state index is 11.7. The maximum absolute atomic E-state index is 11.7. The molecule has 0 saturated heterocycles. The fraction of sp³-hybridized carbons (Fsp3) is 0.438. The zero-order valence-corrected chi connectivity index (χ0v) is 13.3.